The summed E-state index contributed by atoms with van der Waals surface area (Å²) in [7, 11) is 4.85. The van der Waals surface area contributed by atoms with Crippen LogP contribution in [0.5, 0.6) is 0 Å². The molecule has 0 N–H and O–H groups in total. The zero-order chi connectivity index (χ0) is 7.95. The molecular formula is C10H24N2+2. The van der Waals surface area contributed by atoms with E-state index in [4.69, 9.17) is 0 Å². The van der Waals surface area contributed by atoms with Gasteiger partial charge >= 0.3 is 0 Å². The van der Waals surface area contributed by atoms with Crippen LogP contribution in [0.25, 0.3) is 0 Å². The molecule has 2 aliphatic rings. The van der Waals surface area contributed by atoms with Crippen molar-refractivity contribution in [3.8, 4) is 0 Å². The SMILES string of the molecule is C.C[N+]12CCC[N+](C)(CCC1)C2. The smallest absolute Gasteiger partial charge is 0.207 e. The third-order valence-electron chi connectivity index (χ3n) is 3.47. The molecule has 2 heteroatoms. The van der Waals surface area contributed by atoms with Crippen LogP contribution in [0.4, 0.5) is 0 Å². The normalized spacial score (nSPS) is 46.5. The summed E-state index contributed by atoms with van der Waals surface area (Å²) >= 11 is 0. The van der Waals surface area contributed by atoms with Gasteiger partial charge in [0.1, 0.15) is 0 Å². The first-order valence-corrected chi connectivity index (χ1v) is 4.79. The molecule has 2 fully saturated rings. The predicted molar refractivity (Wildman–Crippen MR) is 52.7 cm³/mol. The minimum Gasteiger partial charge on any atom is -0.279 e. The number of rotatable bonds is 0. The lowest BCUT2D eigenvalue weighted by atomic mass is 10.1. The molecule has 2 saturated heterocycles. The summed E-state index contributed by atoms with van der Waals surface area (Å²) in [4.78, 5) is 0. The quantitative estimate of drug-likeness (QED) is 0.483. The predicted octanol–water partition coefficient (Wildman–Crippen LogP) is 1.28. The number of hydrogen-bond donors (Lipinski definition) is 0. The molecule has 0 atom stereocenters. The van der Waals surface area contributed by atoms with Crippen LogP contribution in [0, 0.1) is 0 Å². The first-order chi connectivity index (χ1) is 5.12. The van der Waals surface area contributed by atoms with Gasteiger partial charge in [0.15, 0.2) is 0 Å². The van der Waals surface area contributed by atoms with E-state index in [1.807, 2.05) is 0 Å². The molecule has 2 bridgehead atoms. The summed E-state index contributed by atoms with van der Waals surface area (Å²) in [6, 6.07) is 0. The van der Waals surface area contributed by atoms with Crippen molar-refractivity contribution in [3.63, 3.8) is 0 Å². The van der Waals surface area contributed by atoms with Crippen molar-refractivity contribution >= 4 is 0 Å². The molecule has 0 unspecified atom stereocenters. The molecule has 2 heterocycles. The number of hydrogen-bond acceptors (Lipinski definition) is 0. The van der Waals surface area contributed by atoms with E-state index in [1.165, 1.54) is 54.7 Å². The first-order valence-electron chi connectivity index (χ1n) is 4.79. The van der Waals surface area contributed by atoms with Gasteiger partial charge in [0.05, 0.1) is 40.3 Å². The van der Waals surface area contributed by atoms with Crippen LogP contribution in [-0.2, 0) is 0 Å². The first kappa shape index (κ1) is 10.0. The van der Waals surface area contributed by atoms with Gasteiger partial charge < -0.3 is 0 Å². The highest BCUT2D eigenvalue weighted by molar-refractivity contribution is 4.53. The Morgan fingerprint density at radius 3 is 1.33 bits per heavy atom. The fourth-order valence-electron chi connectivity index (χ4n) is 3.00. The molecular weight excluding hydrogens is 148 g/mol. The van der Waals surface area contributed by atoms with Crippen molar-refractivity contribution in [2.45, 2.75) is 20.3 Å². The molecule has 0 amide bonds. The van der Waals surface area contributed by atoms with E-state index in [9.17, 15) is 0 Å². The van der Waals surface area contributed by atoms with Gasteiger partial charge in [-0.15, -0.1) is 0 Å². The second-order valence-corrected chi connectivity index (χ2v) is 4.98. The van der Waals surface area contributed by atoms with Crippen molar-refractivity contribution in [2.24, 2.45) is 0 Å². The van der Waals surface area contributed by atoms with Gasteiger partial charge in [-0.25, -0.2) is 0 Å². The van der Waals surface area contributed by atoms with E-state index in [-0.39, 0.29) is 7.43 Å². The second-order valence-electron chi connectivity index (χ2n) is 4.98. The molecule has 2 rings (SSSR count). The van der Waals surface area contributed by atoms with Gasteiger partial charge in [0, 0.05) is 12.8 Å². The van der Waals surface area contributed by atoms with E-state index in [1.54, 1.807) is 0 Å². The monoisotopic (exact) mass is 172 g/mol. The van der Waals surface area contributed by atoms with Gasteiger partial charge in [0.25, 0.3) is 0 Å². The summed E-state index contributed by atoms with van der Waals surface area (Å²) in [5.41, 5.74) is 0. The van der Waals surface area contributed by atoms with E-state index in [0.29, 0.717) is 0 Å². The molecule has 72 valence electrons. The Morgan fingerprint density at radius 2 is 1.08 bits per heavy atom. The topological polar surface area (TPSA) is 0 Å². The lowest BCUT2D eigenvalue weighted by Gasteiger charge is -2.51. The maximum absolute atomic E-state index is 2.43. The lowest BCUT2D eigenvalue weighted by Crippen LogP contribution is -2.68. The zero-order valence-electron chi connectivity index (χ0n) is 7.84. The third-order valence-corrected chi connectivity index (χ3v) is 3.47. The molecule has 0 aromatic rings. The average molecular weight is 172 g/mol. The molecule has 0 radical (unpaired) electrons. The highest BCUT2D eigenvalue weighted by Gasteiger charge is 2.42. The van der Waals surface area contributed by atoms with Crippen LogP contribution < -0.4 is 0 Å². The molecule has 2 nitrogen and oxygen atoms in total. The van der Waals surface area contributed by atoms with Gasteiger partial charge in [-0.05, 0) is 0 Å². The Morgan fingerprint density at radius 1 is 0.750 bits per heavy atom. The Hall–Kier alpha value is -0.0800. The van der Waals surface area contributed by atoms with Gasteiger partial charge in [0.2, 0.25) is 6.67 Å². The minimum absolute atomic E-state index is 0. The third kappa shape index (κ3) is 1.64. The molecule has 12 heavy (non-hydrogen) atoms. The van der Waals surface area contributed by atoms with Crippen LogP contribution in [0.1, 0.15) is 20.3 Å². The number of fused-ring (bicyclic) bond motifs is 2. The zero-order valence-corrected chi connectivity index (χ0v) is 7.84. The molecule has 0 spiro atoms. The summed E-state index contributed by atoms with van der Waals surface area (Å²) < 4.78 is 2.69. The second kappa shape index (κ2) is 3.00. The van der Waals surface area contributed by atoms with E-state index >= 15 is 0 Å². The van der Waals surface area contributed by atoms with Crippen LogP contribution in [0.15, 0.2) is 0 Å². The number of quaternary nitrogens is 2. The standard InChI is InChI=1S/C9H20N2.CH4/c1-10-5-3-7-11(2,9-10)8-4-6-10;/h3-9H2,1-2H3;1H4/q+2;. The molecule has 0 aromatic heterocycles. The summed E-state index contributed by atoms with van der Waals surface area (Å²) in [5.74, 6) is 0. The summed E-state index contributed by atoms with van der Waals surface area (Å²) in [6.07, 6.45) is 2.88. The van der Waals surface area contributed by atoms with Crippen LogP contribution in [-0.4, -0.2) is 55.9 Å². The van der Waals surface area contributed by atoms with E-state index in [0.717, 1.165) is 0 Å². The number of nitrogens with zero attached hydrogens (tertiary/aromatic N) is 2. The van der Waals surface area contributed by atoms with Crippen LogP contribution >= 0.6 is 0 Å². The summed E-state index contributed by atoms with van der Waals surface area (Å²) in [6.45, 7) is 7.09. The van der Waals surface area contributed by atoms with Crippen molar-refractivity contribution in [1.82, 2.24) is 0 Å². The maximum Gasteiger partial charge on any atom is 0.207 e. The van der Waals surface area contributed by atoms with Crippen molar-refractivity contribution in [3.05, 3.63) is 0 Å². The van der Waals surface area contributed by atoms with Crippen molar-refractivity contribution in [2.75, 3.05) is 46.9 Å². The molecule has 2 aliphatic heterocycles. The van der Waals surface area contributed by atoms with E-state index in [2.05, 4.69) is 14.1 Å². The molecule has 0 aromatic carbocycles. The lowest BCUT2D eigenvalue weighted by molar-refractivity contribution is -1.12. The van der Waals surface area contributed by atoms with Gasteiger partial charge in [-0.1, -0.05) is 7.43 Å². The Bertz CT molecular complexity index is 139. The average Bonchev–Trinajstić information content (AvgIpc) is 1.83. The molecule has 0 saturated carbocycles. The molecule has 0 aliphatic carbocycles. The Balaban J connectivity index is 0.000000720. The Kier molecular flexibility index (Phi) is 2.50. The van der Waals surface area contributed by atoms with Crippen molar-refractivity contribution in [1.29, 1.82) is 0 Å². The highest BCUT2D eigenvalue weighted by Crippen LogP contribution is 2.24. The fourth-order valence-corrected chi connectivity index (χ4v) is 3.00. The largest absolute Gasteiger partial charge is 0.279 e. The Labute approximate surface area is 77.0 Å². The van der Waals surface area contributed by atoms with Crippen LogP contribution in [0.3, 0.4) is 0 Å². The minimum atomic E-state index is 0. The van der Waals surface area contributed by atoms with Gasteiger partial charge in [-0.2, -0.15) is 0 Å². The van der Waals surface area contributed by atoms with Crippen LogP contribution in [0.2, 0.25) is 0 Å². The highest BCUT2D eigenvalue weighted by atomic mass is 15.5. The summed E-state index contributed by atoms with van der Waals surface area (Å²) in [5, 5.41) is 0. The van der Waals surface area contributed by atoms with Crippen molar-refractivity contribution < 1.29 is 8.97 Å². The van der Waals surface area contributed by atoms with E-state index < -0.39 is 0 Å². The fraction of sp³-hybridized carbons (Fsp3) is 1.00. The van der Waals surface area contributed by atoms with Gasteiger partial charge in [-0.3, -0.25) is 8.97 Å². The maximum atomic E-state index is 2.43.